The van der Waals surface area contributed by atoms with Crippen molar-refractivity contribution >= 4 is 11.3 Å². The molecule has 2 rings (SSSR count). The second-order valence-electron chi connectivity index (χ2n) is 5.09. The van der Waals surface area contributed by atoms with Gasteiger partial charge >= 0.3 is 0 Å². The highest BCUT2D eigenvalue weighted by atomic mass is 32.1. The molecule has 0 spiro atoms. The molecule has 2 aromatic rings. The van der Waals surface area contributed by atoms with Crippen molar-refractivity contribution in [1.82, 2.24) is 15.2 Å². The molecule has 0 radical (unpaired) electrons. The molecule has 0 saturated heterocycles. The van der Waals surface area contributed by atoms with E-state index in [-0.39, 0.29) is 5.82 Å². The number of likely N-dealkylation sites (N-methyl/N-ethyl adjacent to an activating group) is 1. The summed E-state index contributed by atoms with van der Waals surface area (Å²) in [5, 5.41) is 6.38. The number of hydrogen-bond donors (Lipinski definition) is 1. The number of nitrogens with zero attached hydrogens (tertiary/aromatic N) is 2. The predicted octanol–water partition coefficient (Wildman–Crippen LogP) is 2.99. The Labute approximate surface area is 123 Å². The average Bonchev–Trinajstić information content (AvgIpc) is 2.88. The van der Waals surface area contributed by atoms with Gasteiger partial charge < -0.3 is 10.2 Å². The van der Waals surface area contributed by atoms with Gasteiger partial charge in [0.1, 0.15) is 10.8 Å². The number of benzene rings is 1. The lowest BCUT2D eigenvalue weighted by atomic mass is 10.2. The zero-order valence-electron chi connectivity index (χ0n) is 12.1. The molecule has 0 fully saturated rings. The van der Waals surface area contributed by atoms with Crippen molar-refractivity contribution in [2.24, 2.45) is 0 Å². The Hall–Kier alpha value is -1.30. The van der Waals surface area contributed by atoms with Crippen molar-refractivity contribution < 1.29 is 4.39 Å². The summed E-state index contributed by atoms with van der Waals surface area (Å²) >= 11 is 1.59. The largest absolute Gasteiger partial charge is 0.310 e. The molecule has 0 aliphatic rings. The van der Waals surface area contributed by atoms with Crippen LogP contribution in [0.15, 0.2) is 29.6 Å². The molecule has 1 N–H and O–H groups in total. The number of rotatable bonds is 6. The van der Waals surface area contributed by atoms with Crippen molar-refractivity contribution in [2.75, 3.05) is 20.6 Å². The smallest absolute Gasteiger partial charge is 0.123 e. The fraction of sp³-hybridized carbons (Fsp3) is 0.400. The first-order chi connectivity index (χ1) is 9.56. The monoisotopic (exact) mass is 293 g/mol. The second-order valence-corrected chi connectivity index (χ2v) is 5.95. The quantitative estimate of drug-likeness (QED) is 0.887. The van der Waals surface area contributed by atoms with E-state index in [1.807, 2.05) is 5.38 Å². The fourth-order valence-electron chi connectivity index (χ4n) is 1.70. The van der Waals surface area contributed by atoms with E-state index in [2.05, 4.69) is 36.2 Å². The van der Waals surface area contributed by atoms with Crippen LogP contribution in [-0.2, 0) is 6.54 Å². The van der Waals surface area contributed by atoms with E-state index in [9.17, 15) is 4.39 Å². The Morgan fingerprint density at radius 3 is 2.65 bits per heavy atom. The maximum absolute atomic E-state index is 12.9. The van der Waals surface area contributed by atoms with E-state index in [1.165, 1.54) is 12.1 Å². The third kappa shape index (κ3) is 4.10. The standard InChI is InChI=1S/C15H20FN3S/c1-11(19(2)3)8-17-9-14-10-20-15(18-14)12-4-6-13(16)7-5-12/h4-7,10-11,17H,8-9H2,1-3H3. The maximum atomic E-state index is 12.9. The summed E-state index contributed by atoms with van der Waals surface area (Å²) in [5.41, 5.74) is 1.99. The molecule has 0 saturated carbocycles. The summed E-state index contributed by atoms with van der Waals surface area (Å²) in [6.45, 7) is 3.87. The molecule has 0 aliphatic heterocycles. The van der Waals surface area contributed by atoms with Gasteiger partial charge in [0.25, 0.3) is 0 Å². The van der Waals surface area contributed by atoms with Crippen LogP contribution in [0.5, 0.6) is 0 Å². The first kappa shape index (κ1) is 15.1. The SMILES string of the molecule is CC(CNCc1csc(-c2ccc(F)cc2)n1)N(C)C. The minimum Gasteiger partial charge on any atom is -0.310 e. The van der Waals surface area contributed by atoms with Crippen LogP contribution in [0.3, 0.4) is 0 Å². The van der Waals surface area contributed by atoms with Crippen LogP contribution >= 0.6 is 11.3 Å². The van der Waals surface area contributed by atoms with E-state index in [4.69, 9.17) is 0 Å². The molecular weight excluding hydrogens is 273 g/mol. The highest BCUT2D eigenvalue weighted by Gasteiger charge is 2.07. The van der Waals surface area contributed by atoms with Crippen LogP contribution in [0.1, 0.15) is 12.6 Å². The molecule has 1 heterocycles. The molecule has 0 aliphatic carbocycles. The van der Waals surface area contributed by atoms with E-state index >= 15 is 0 Å². The van der Waals surface area contributed by atoms with Gasteiger partial charge in [0, 0.05) is 30.1 Å². The Balaban J connectivity index is 1.91. The molecule has 108 valence electrons. The highest BCUT2D eigenvalue weighted by Crippen LogP contribution is 2.23. The van der Waals surface area contributed by atoms with Crippen LogP contribution in [0.25, 0.3) is 10.6 Å². The molecule has 3 nitrogen and oxygen atoms in total. The maximum Gasteiger partial charge on any atom is 0.123 e. The highest BCUT2D eigenvalue weighted by molar-refractivity contribution is 7.13. The predicted molar refractivity (Wildman–Crippen MR) is 82.4 cm³/mol. The topological polar surface area (TPSA) is 28.2 Å². The van der Waals surface area contributed by atoms with E-state index in [0.29, 0.717) is 6.04 Å². The lowest BCUT2D eigenvalue weighted by Crippen LogP contribution is -2.35. The first-order valence-electron chi connectivity index (χ1n) is 6.63. The Morgan fingerprint density at radius 2 is 2.00 bits per heavy atom. The number of halogens is 1. The summed E-state index contributed by atoms with van der Waals surface area (Å²) < 4.78 is 12.9. The first-order valence-corrected chi connectivity index (χ1v) is 7.51. The molecule has 20 heavy (non-hydrogen) atoms. The van der Waals surface area contributed by atoms with Gasteiger partial charge in [-0.2, -0.15) is 0 Å². The van der Waals surface area contributed by atoms with E-state index < -0.39 is 0 Å². The molecule has 5 heteroatoms. The summed E-state index contributed by atoms with van der Waals surface area (Å²) in [6.07, 6.45) is 0. The third-order valence-electron chi connectivity index (χ3n) is 3.27. The van der Waals surface area contributed by atoms with Gasteiger partial charge in [0.2, 0.25) is 0 Å². The van der Waals surface area contributed by atoms with Crippen molar-refractivity contribution in [2.45, 2.75) is 19.5 Å². The summed E-state index contributed by atoms with van der Waals surface area (Å²) in [4.78, 5) is 6.75. The van der Waals surface area contributed by atoms with E-state index in [1.54, 1.807) is 23.5 Å². The Morgan fingerprint density at radius 1 is 1.30 bits per heavy atom. The zero-order valence-corrected chi connectivity index (χ0v) is 12.9. The molecular formula is C15H20FN3S. The van der Waals surface area contributed by atoms with Crippen LogP contribution in [0, 0.1) is 5.82 Å². The van der Waals surface area contributed by atoms with Gasteiger partial charge in [-0.1, -0.05) is 0 Å². The molecule has 1 aromatic heterocycles. The van der Waals surface area contributed by atoms with Crippen LogP contribution in [-0.4, -0.2) is 36.6 Å². The second kappa shape index (κ2) is 6.92. The lowest BCUT2D eigenvalue weighted by Gasteiger charge is -2.19. The van der Waals surface area contributed by atoms with Crippen LogP contribution in [0.2, 0.25) is 0 Å². The summed E-state index contributed by atoms with van der Waals surface area (Å²) in [6, 6.07) is 6.95. The minimum absolute atomic E-state index is 0.218. The van der Waals surface area contributed by atoms with Crippen molar-refractivity contribution in [1.29, 1.82) is 0 Å². The molecule has 0 amide bonds. The molecule has 1 unspecified atom stereocenters. The minimum atomic E-state index is -0.218. The Kier molecular flexibility index (Phi) is 5.23. The van der Waals surface area contributed by atoms with Gasteiger partial charge in [-0.05, 0) is 45.3 Å². The molecule has 1 aromatic carbocycles. The van der Waals surface area contributed by atoms with Crippen LogP contribution < -0.4 is 5.32 Å². The van der Waals surface area contributed by atoms with E-state index in [0.717, 1.165) is 29.4 Å². The number of aromatic nitrogens is 1. The van der Waals surface area contributed by atoms with Crippen molar-refractivity contribution in [3.63, 3.8) is 0 Å². The van der Waals surface area contributed by atoms with Crippen molar-refractivity contribution in [3.05, 3.63) is 41.2 Å². The number of thiazole rings is 1. The summed E-state index contributed by atoms with van der Waals surface area (Å²) in [7, 11) is 4.14. The zero-order chi connectivity index (χ0) is 14.5. The summed E-state index contributed by atoms with van der Waals surface area (Å²) in [5.74, 6) is -0.218. The molecule has 0 bridgehead atoms. The third-order valence-corrected chi connectivity index (χ3v) is 4.21. The number of hydrogen-bond acceptors (Lipinski definition) is 4. The van der Waals surface area contributed by atoms with Gasteiger partial charge in [0.05, 0.1) is 5.69 Å². The van der Waals surface area contributed by atoms with Gasteiger partial charge in [-0.25, -0.2) is 9.37 Å². The fourth-order valence-corrected chi connectivity index (χ4v) is 2.53. The van der Waals surface area contributed by atoms with Gasteiger partial charge in [-0.3, -0.25) is 0 Å². The lowest BCUT2D eigenvalue weighted by molar-refractivity contribution is 0.302. The Bertz CT molecular complexity index is 536. The molecule has 1 atom stereocenters. The average molecular weight is 293 g/mol. The number of nitrogens with one attached hydrogen (secondary N) is 1. The van der Waals surface area contributed by atoms with Gasteiger partial charge in [0.15, 0.2) is 0 Å². The van der Waals surface area contributed by atoms with Crippen LogP contribution in [0.4, 0.5) is 4.39 Å². The normalized spacial score (nSPS) is 12.8. The van der Waals surface area contributed by atoms with Crippen molar-refractivity contribution in [3.8, 4) is 10.6 Å². The van der Waals surface area contributed by atoms with Gasteiger partial charge in [-0.15, -0.1) is 11.3 Å².